The lowest BCUT2D eigenvalue weighted by Crippen LogP contribution is -2.39. The van der Waals surface area contributed by atoms with Crippen LogP contribution in [0.1, 0.15) is 83.6 Å². The van der Waals surface area contributed by atoms with E-state index in [1.807, 2.05) is 38.2 Å². The molecule has 7 heteroatoms. The van der Waals surface area contributed by atoms with Crippen LogP contribution in [0.3, 0.4) is 0 Å². The van der Waals surface area contributed by atoms with Gasteiger partial charge in [0.15, 0.2) is 5.60 Å². The Morgan fingerprint density at radius 3 is 2.21 bits per heavy atom. The van der Waals surface area contributed by atoms with Crippen LogP contribution in [0.2, 0.25) is 0 Å². The average Bonchev–Trinajstić information content (AvgIpc) is 2.88. The molecular formula is C32H47N3O4. The van der Waals surface area contributed by atoms with Gasteiger partial charge in [-0.25, -0.2) is 10.2 Å². The Morgan fingerprint density at radius 1 is 1.00 bits per heavy atom. The maximum absolute atomic E-state index is 12.8. The fourth-order valence-corrected chi connectivity index (χ4v) is 4.12. The van der Waals surface area contributed by atoms with Crippen molar-refractivity contribution in [3.63, 3.8) is 0 Å². The molecule has 2 N–H and O–H groups in total. The Labute approximate surface area is 234 Å². The number of ether oxygens (including phenoxy) is 2. The highest BCUT2D eigenvalue weighted by molar-refractivity contribution is 5.80. The number of hydrogen-bond acceptors (Lipinski definition) is 6. The largest absolute Gasteiger partial charge is 0.476 e. The van der Waals surface area contributed by atoms with Crippen molar-refractivity contribution in [2.45, 2.75) is 85.8 Å². The highest BCUT2D eigenvalue weighted by Crippen LogP contribution is 2.27. The van der Waals surface area contributed by atoms with Gasteiger partial charge in [0.25, 0.3) is 0 Å². The van der Waals surface area contributed by atoms with E-state index in [9.17, 15) is 9.59 Å². The SMILES string of the molecule is CCCN(NC)/C(=C\CC(=O)NCc1ccc(OC(C)(C)C(=O)OCC)c(C)c1)c1ccc(C(C)(C)C)cc1. The molecule has 0 aromatic heterocycles. The molecule has 0 atom stereocenters. The van der Waals surface area contributed by atoms with Crippen LogP contribution in [-0.4, -0.2) is 42.7 Å². The molecule has 2 aromatic rings. The zero-order valence-corrected chi connectivity index (χ0v) is 25.2. The van der Waals surface area contributed by atoms with Crippen LogP contribution in [0.5, 0.6) is 5.75 Å². The van der Waals surface area contributed by atoms with Gasteiger partial charge in [-0.15, -0.1) is 0 Å². The van der Waals surface area contributed by atoms with Crippen LogP contribution in [0.15, 0.2) is 48.5 Å². The average molecular weight is 538 g/mol. The number of rotatable bonds is 13. The molecule has 0 unspecified atom stereocenters. The van der Waals surface area contributed by atoms with Crippen LogP contribution in [0, 0.1) is 6.92 Å². The van der Waals surface area contributed by atoms with Gasteiger partial charge < -0.3 is 19.8 Å². The van der Waals surface area contributed by atoms with E-state index in [2.05, 4.69) is 67.7 Å². The van der Waals surface area contributed by atoms with E-state index < -0.39 is 11.6 Å². The zero-order valence-electron chi connectivity index (χ0n) is 25.2. The van der Waals surface area contributed by atoms with Crippen LogP contribution in [0.25, 0.3) is 5.70 Å². The Bertz CT molecular complexity index is 1130. The molecule has 0 aliphatic rings. The molecule has 0 saturated heterocycles. The van der Waals surface area contributed by atoms with Crippen LogP contribution < -0.4 is 15.5 Å². The minimum absolute atomic E-state index is 0.0622. The smallest absolute Gasteiger partial charge is 0.349 e. The van der Waals surface area contributed by atoms with Gasteiger partial charge in [0.1, 0.15) is 5.75 Å². The number of nitrogens with one attached hydrogen (secondary N) is 2. The van der Waals surface area contributed by atoms with E-state index in [4.69, 9.17) is 9.47 Å². The molecule has 0 radical (unpaired) electrons. The molecule has 39 heavy (non-hydrogen) atoms. The van der Waals surface area contributed by atoms with Crippen molar-refractivity contribution in [3.8, 4) is 5.75 Å². The summed E-state index contributed by atoms with van der Waals surface area (Å²) in [6.45, 7) is 17.3. The summed E-state index contributed by atoms with van der Waals surface area (Å²) in [7, 11) is 1.90. The third-order valence-corrected chi connectivity index (χ3v) is 6.40. The fourth-order valence-electron chi connectivity index (χ4n) is 4.12. The van der Waals surface area contributed by atoms with E-state index in [0.717, 1.165) is 35.4 Å². The zero-order chi connectivity index (χ0) is 29.2. The van der Waals surface area contributed by atoms with Crippen molar-refractivity contribution in [2.75, 3.05) is 20.2 Å². The Balaban J connectivity index is 2.10. The predicted molar refractivity (Wildman–Crippen MR) is 158 cm³/mol. The number of benzene rings is 2. The lowest BCUT2D eigenvalue weighted by molar-refractivity contribution is -0.158. The second-order valence-corrected chi connectivity index (χ2v) is 11.2. The van der Waals surface area contributed by atoms with Gasteiger partial charge in [0.05, 0.1) is 12.3 Å². The maximum atomic E-state index is 12.8. The summed E-state index contributed by atoms with van der Waals surface area (Å²) < 4.78 is 11.0. The third kappa shape index (κ3) is 9.43. The van der Waals surface area contributed by atoms with Crippen molar-refractivity contribution in [1.82, 2.24) is 15.8 Å². The first kappa shape index (κ1) is 31.9. The van der Waals surface area contributed by atoms with E-state index in [1.165, 1.54) is 5.56 Å². The lowest BCUT2D eigenvalue weighted by Gasteiger charge is -2.27. The van der Waals surface area contributed by atoms with E-state index in [-0.39, 0.29) is 17.7 Å². The number of esters is 1. The molecule has 2 aromatic carbocycles. The first-order valence-electron chi connectivity index (χ1n) is 13.8. The van der Waals surface area contributed by atoms with Gasteiger partial charge in [0.2, 0.25) is 5.91 Å². The molecule has 7 nitrogen and oxygen atoms in total. The summed E-state index contributed by atoms with van der Waals surface area (Å²) in [5.74, 6) is 0.137. The van der Waals surface area contributed by atoms with Crippen molar-refractivity contribution in [1.29, 1.82) is 0 Å². The number of aryl methyl sites for hydroxylation is 1. The molecule has 214 valence electrons. The van der Waals surface area contributed by atoms with Gasteiger partial charge in [0, 0.05) is 26.6 Å². The number of hydrogen-bond donors (Lipinski definition) is 2. The number of carbonyl (C=O) groups is 2. The van der Waals surface area contributed by atoms with Gasteiger partial charge in [-0.3, -0.25) is 4.79 Å². The van der Waals surface area contributed by atoms with E-state index in [0.29, 0.717) is 18.9 Å². The first-order chi connectivity index (χ1) is 18.3. The van der Waals surface area contributed by atoms with E-state index in [1.54, 1.807) is 20.8 Å². The minimum Gasteiger partial charge on any atom is -0.476 e. The Hall–Kier alpha value is -3.32. The van der Waals surface area contributed by atoms with Gasteiger partial charge in [-0.2, -0.15) is 0 Å². The Morgan fingerprint density at radius 2 is 1.67 bits per heavy atom. The minimum atomic E-state index is -1.09. The van der Waals surface area contributed by atoms with Gasteiger partial charge in [-0.1, -0.05) is 64.1 Å². The molecule has 0 fully saturated rings. The lowest BCUT2D eigenvalue weighted by atomic mass is 9.86. The summed E-state index contributed by atoms with van der Waals surface area (Å²) in [5, 5.41) is 5.10. The van der Waals surface area contributed by atoms with Crippen molar-refractivity contribution in [3.05, 3.63) is 70.8 Å². The fraction of sp³-hybridized carbons (Fsp3) is 0.500. The molecule has 0 aliphatic carbocycles. The van der Waals surface area contributed by atoms with Crippen LogP contribution in [-0.2, 0) is 26.3 Å². The Kier molecular flexibility index (Phi) is 11.6. The second-order valence-electron chi connectivity index (χ2n) is 11.2. The summed E-state index contributed by atoms with van der Waals surface area (Å²) in [6.07, 6.45) is 3.21. The summed E-state index contributed by atoms with van der Waals surface area (Å²) in [4.78, 5) is 25.0. The molecule has 0 spiro atoms. The molecule has 0 saturated carbocycles. The van der Waals surface area contributed by atoms with E-state index >= 15 is 0 Å². The first-order valence-corrected chi connectivity index (χ1v) is 13.8. The third-order valence-electron chi connectivity index (χ3n) is 6.40. The monoisotopic (exact) mass is 537 g/mol. The topological polar surface area (TPSA) is 79.9 Å². The normalized spacial score (nSPS) is 12.2. The molecular weight excluding hydrogens is 490 g/mol. The number of carbonyl (C=O) groups excluding carboxylic acids is 2. The van der Waals surface area contributed by atoms with Crippen LogP contribution in [0.4, 0.5) is 0 Å². The molecule has 0 bridgehead atoms. The van der Waals surface area contributed by atoms with Gasteiger partial charge in [-0.05, 0) is 73.9 Å². The highest BCUT2D eigenvalue weighted by Gasteiger charge is 2.32. The number of hydrazine groups is 1. The summed E-state index contributed by atoms with van der Waals surface area (Å²) in [6, 6.07) is 14.2. The van der Waals surface area contributed by atoms with Crippen molar-refractivity contribution < 1.29 is 19.1 Å². The quantitative estimate of drug-likeness (QED) is 0.244. The summed E-state index contributed by atoms with van der Waals surface area (Å²) in [5.41, 5.74) is 7.40. The van der Waals surface area contributed by atoms with Crippen LogP contribution >= 0.6 is 0 Å². The summed E-state index contributed by atoms with van der Waals surface area (Å²) >= 11 is 0. The predicted octanol–water partition coefficient (Wildman–Crippen LogP) is 5.91. The molecule has 2 rings (SSSR count). The van der Waals surface area contributed by atoms with Crippen molar-refractivity contribution >= 4 is 17.6 Å². The number of amides is 1. The van der Waals surface area contributed by atoms with Crippen molar-refractivity contribution in [2.24, 2.45) is 0 Å². The standard InChI is InChI=1S/C32H47N3O4/c1-10-20-35(33-9)27(25-13-15-26(16-14-25)31(4,5)6)17-19-29(36)34-22-24-12-18-28(23(3)21-24)39-32(7,8)30(37)38-11-2/h12-18,21,33H,10-11,19-20,22H2,1-9H3,(H,34,36)/b27-17-. The maximum Gasteiger partial charge on any atom is 0.349 e. The van der Waals surface area contributed by atoms with Gasteiger partial charge >= 0.3 is 5.97 Å². The highest BCUT2D eigenvalue weighted by atomic mass is 16.6. The molecule has 0 aliphatic heterocycles. The number of nitrogens with zero attached hydrogens (tertiary/aromatic N) is 1. The molecule has 1 amide bonds. The molecule has 0 heterocycles. The second kappa shape index (κ2) is 14.2.